The number of aromatic nitrogens is 5. The predicted octanol–water partition coefficient (Wildman–Crippen LogP) is 2.41. The van der Waals surface area contributed by atoms with Crippen molar-refractivity contribution in [3.63, 3.8) is 0 Å². The molecule has 3 aromatic heterocycles. The van der Waals surface area contributed by atoms with E-state index in [1.807, 2.05) is 4.68 Å². The van der Waals surface area contributed by atoms with Crippen LogP contribution in [0.5, 0.6) is 5.75 Å². The van der Waals surface area contributed by atoms with Crippen molar-refractivity contribution < 1.29 is 22.3 Å². The van der Waals surface area contributed by atoms with Crippen molar-refractivity contribution in [1.29, 1.82) is 0 Å². The highest BCUT2D eigenvalue weighted by Gasteiger charge is 2.23. The van der Waals surface area contributed by atoms with Gasteiger partial charge in [-0.2, -0.15) is 10.2 Å². The lowest BCUT2D eigenvalue weighted by Gasteiger charge is -2.17. The van der Waals surface area contributed by atoms with Gasteiger partial charge in [0.2, 0.25) is 0 Å². The summed E-state index contributed by atoms with van der Waals surface area (Å²) in [4.78, 5) is 4.20. The predicted molar refractivity (Wildman–Crippen MR) is 125 cm³/mol. The fraction of sp³-hybridized carbons (Fsp3) is 0.227. The van der Waals surface area contributed by atoms with Crippen LogP contribution in [0.25, 0.3) is 22.3 Å². The van der Waals surface area contributed by atoms with Gasteiger partial charge in [0.05, 0.1) is 50.6 Å². The van der Waals surface area contributed by atoms with E-state index in [0.717, 1.165) is 16.8 Å². The zero-order valence-corrected chi connectivity index (χ0v) is 19.7. The summed E-state index contributed by atoms with van der Waals surface area (Å²) in [6.07, 6.45) is 5.85. The van der Waals surface area contributed by atoms with Crippen LogP contribution in [-0.2, 0) is 35.0 Å². The molecule has 0 aliphatic carbocycles. The second-order valence-corrected chi connectivity index (χ2v) is 9.61. The van der Waals surface area contributed by atoms with Crippen LogP contribution in [-0.4, -0.2) is 46.7 Å². The normalized spacial score (nSPS) is 13.5. The lowest BCUT2D eigenvalue weighted by Crippen LogP contribution is -2.17. The Morgan fingerprint density at radius 1 is 1.14 bits per heavy atom. The summed E-state index contributed by atoms with van der Waals surface area (Å²) in [5, 5.41) is 8.27. The molecule has 3 N–H and O–H groups in total. The molecule has 0 atom stereocenters. The number of benzene rings is 1. The molecule has 5 rings (SSSR count). The first kappa shape index (κ1) is 22.8. The molecule has 1 aliphatic heterocycles. The number of halogens is 1. The molecule has 35 heavy (non-hydrogen) atoms. The number of nitrogens with zero attached hydrogens (tertiary/aromatic N) is 5. The summed E-state index contributed by atoms with van der Waals surface area (Å²) >= 11 is 0. The largest absolute Gasteiger partial charge is 0.492 e. The third kappa shape index (κ3) is 4.19. The molecule has 0 saturated heterocycles. The molecule has 11 nitrogen and oxygen atoms in total. The molecular formula is C22H22FN7O4S. The lowest BCUT2D eigenvalue weighted by atomic mass is 10.0. The Labute approximate surface area is 200 Å². The Morgan fingerprint density at radius 3 is 2.71 bits per heavy atom. The van der Waals surface area contributed by atoms with Crippen LogP contribution < -0.4 is 15.2 Å². The van der Waals surface area contributed by atoms with Gasteiger partial charge >= 0.3 is 0 Å². The summed E-state index contributed by atoms with van der Waals surface area (Å²) < 4.78 is 57.0. The van der Waals surface area contributed by atoms with Gasteiger partial charge < -0.3 is 15.2 Å². The van der Waals surface area contributed by atoms with Crippen molar-refractivity contribution in [3.05, 3.63) is 54.5 Å². The van der Waals surface area contributed by atoms with Crippen LogP contribution in [0.3, 0.4) is 0 Å². The van der Waals surface area contributed by atoms with E-state index in [1.165, 1.54) is 36.3 Å². The number of rotatable bonds is 6. The second-order valence-electron chi connectivity index (χ2n) is 7.93. The Bertz CT molecular complexity index is 1530. The number of pyridine rings is 1. The highest BCUT2D eigenvalue weighted by molar-refractivity contribution is 7.92. The minimum Gasteiger partial charge on any atom is -0.492 e. The molecule has 4 aromatic rings. The van der Waals surface area contributed by atoms with Gasteiger partial charge in [0.1, 0.15) is 10.7 Å². The molecule has 0 fully saturated rings. The maximum absolute atomic E-state index is 15.0. The van der Waals surface area contributed by atoms with Crippen molar-refractivity contribution in [1.82, 2.24) is 24.5 Å². The fourth-order valence-corrected chi connectivity index (χ4v) is 4.98. The van der Waals surface area contributed by atoms with Crippen LogP contribution >= 0.6 is 0 Å². The summed E-state index contributed by atoms with van der Waals surface area (Å²) in [5.74, 6) is -0.876. The van der Waals surface area contributed by atoms with Gasteiger partial charge in [-0.05, 0) is 23.8 Å². The number of methoxy groups -OCH3 is 1. The number of nitrogens with one attached hydrogen (secondary N) is 1. The summed E-state index contributed by atoms with van der Waals surface area (Å²) in [7, 11) is -1.21. The highest BCUT2D eigenvalue weighted by atomic mass is 32.2. The monoisotopic (exact) mass is 499 g/mol. The lowest BCUT2D eigenvalue weighted by molar-refractivity contribution is 0.0804. The van der Waals surface area contributed by atoms with E-state index in [-0.39, 0.29) is 22.2 Å². The van der Waals surface area contributed by atoms with E-state index in [2.05, 4.69) is 19.9 Å². The van der Waals surface area contributed by atoms with Crippen molar-refractivity contribution >= 4 is 21.5 Å². The van der Waals surface area contributed by atoms with Gasteiger partial charge in [0.25, 0.3) is 10.0 Å². The molecule has 0 spiro atoms. The van der Waals surface area contributed by atoms with Crippen LogP contribution in [0.2, 0.25) is 0 Å². The average Bonchev–Trinajstić information content (AvgIpc) is 3.46. The number of fused-ring (bicyclic) bond motifs is 1. The molecule has 0 amide bonds. The molecular weight excluding hydrogens is 477 g/mol. The Hall–Kier alpha value is -3.97. The Morgan fingerprint density at radius 2 is 1.97 bits per heavy atom. The number of nitrogens with two attached hydrogens (primary N) is 1. The van der Waals surface area contributed by atoms with Gasteiger partial charge in [-0.1, -0.05) is 0 Å². The summed E-state index contributed by atoms with van der Waals surface area (Å²) in [6.45, 7) is 1.64. The fourth-order valence-electron chi connectivity index (χ4n) is 3.94. The molecule has 1 aliphatic rings. The van der Waals surface area contributed by atoms with E-state index < -0.39 is 15.8 Å². The molecule has 0 radical (unpaired) electrons. The van der Waals surface area contributed by atoms with Gasteiger partial charge in [0.15, 0.2) is 11.6 Å². The molecule has 182 valence electrons. The zero-order valence-electron chi connectivity index (χ0n) is 18.9. The number of nitrogen functional groups attached to an aromatic ring is 1. The van der Waals surface area contributed by atoms with Crippen molar-refractivity contribution in [2.24, 2.45) is 7.05 Å². The Balaban J connectivity index is 1.58. The third-order valence-electron chi connectivity index (χ3n) is 5.66. The standard InChI is InChI=1S/C22H22FN7O4S/c1-29-11-15(9-26-29)35(31,32)28-19-7-13(6-18(23)21(19)33-2)16-5-14(8-25-22(16)24)17-10-27-30-3-4-34-12-20(17)30/h5-11,28H,3-4,12H2,1-2H3,(H2,24,25). The molecule has 13 heteroatoms. The minimum atomic E-state index is -4.06. The second kappa shape index (κ2) is 8.67. The average molecular weight is 500 g/mol. The van der Waals surface area contributed by atoms with Crippen molar-refractivity contribution in [3.8, 4) is 28.0 Å². The van der Waals surface area contributed by atoms with Gasteiger partial charge in [-0.15, -0.1) is 0 Å². The van der Waals surface area contributed by atoms with Gasteiger partial charge in [-0.3, -0.25) is 14.1 Å². The minimum absolute atomic E-state index is 0.0794. The third-order valence-corrected chi connectivity index (χ3v) is 6.98. The maximum atomic E-state index is 15.0. The number of ether oxygens (including phenoxy) is 2. The van der Waals surface area contributed by atoms with Gasteiger partial charge in [-0.25, -0.2) is 17.8 Å². The topological polar surface area (TPSA) is 139 Å². The van der Waals surface area contributed by atoms with Crippen LogP contribution in [0.1, 0.15) is 5.69 Å². The van der Waals surface area contributed by atoms with Crippen molar-refractivity contribution in [2.75, 3.05) is 24.2 Å². The van der Waals surface area contributed by atoms with E-state index in [9.17, 15) is 8.42 Å². The first-order valence-corrected chi connectivity index (χ1v) is 12.0. The number of aryl methyl sites for hydroxylation is 1. The van der Waals surface area contributed by atoms with Gasteiger partial charge in [0, 0.05) is 36.1 Å². The van der Waals surface area contributed by atoms with Crippen molar-refractivity contribution in [2.45, 2.75) is 18.0 Å². The first-order chi connectivity index (χ1) is 16.8. The number of hydrogen-bond acceptors (Lipinski definition) is 8. The van der Waals surface area contributed by atoms with E-state index in [1.54, 1.807) is 25.5 Å². The molecule has 4 heterocycles. The number of anilines is 2. The summed E-state index contributed by atoms with van der Waals surface area (Å²) in [5.41, 5.74) is 9.23. The SMILES string of the molecule is COc1c(F)cc(-c2cc(-c3cnn4c3COCC4)cnc2N)cc1NS(=O)(=O)c1cnn(C)c1. The molecule has 0 bridgehead atoms. The maximum Gasteiger partial charge on any atom is 0.265 e. The van der Waals surface area contributed by atoms with Crippen LogP contribution in [0, 0.1) is 5.82 Å². The number of hydrogen-bond donors (Lipinski definition) is 2. The summed E-state index contributed by atoms with van der Waals surface area (Å²) in [6, 6.07) is 4.42. The quantitative estimate of drug-likeness (QED) is 0.412. The molecule has 0 unspecified atom stereocenters. The highest BCUT2D eigenvalue weighted by Crippen LogP contribution is 2.38. The van der Waals surface area contributed by atoms with E-state index in [4.69, 9.17) is 15.2 Å². The molecule has 0 saturated carbocycles. The zero-order chi connectivity index (χ0) is 24.7. The van der Waals surface area contributed by atoms with E-state index in [0.29, 0.717) is 30.9 Å². The first-order valence-electron chi connectivity index (χ1n) is 10.5. The van der Waals surface area contributed by atoms with E-state index >= 15 is 4.39 Å². The number of sulfonamides is 1. The van der Waals surface area contributed by atoms with Crippen LogP contribution in [0.15, 0.2) is 47.9 Å². The molecule has 1 aromatic carbocycles. The Kier molecular flexibility index (Phi) is 5.65. The van der Waals surface area contributed by atoms with Crippen LogP contribution in [0.4, 0.5) is 15.9 Å². The smallest absolute Gasteiger partial charge is 0.265 e.